The zero-order chi connectivity index (χ0) is 24.4. The van der Waals surface area contributed by atoms with E-state index in [1.165, 1.54) is 11.8 Å². The summed E-state index contributed by atoms with van der Waals surface area (Å²) in [6.07, 6.45) is 0. The van der Waals surface area contributed by atoms with Gasteiger partial charge in [0.2, 0.25) is 11.6 Å². The van der Waals surface area contributed by atoms with Crippen LogP contribution in [0.5, 0.6) is 0 Å². The molecule has 3 aromatic rings. The molecule has 1 saturated heterocycles. The first-order chi connectivity index (χ1) is 16.3. The average molecular weight is 462 g/mol. The zero-order valence-electron chi connectivity index (χ0n) is 19.5. The molecule has 1 aromatic heterocycles. The van der Waals surface area contributed by atoms with Crippen LogP contribution in [0.2, 0.25) is 0 Å². The Bertz CT molecular complexity index is 1350. The van der Waals surface area contributed by atoms with E-state index in [0.29, 0.717) is 31.9 Å². The summed E-state index contributed by atoms with van der Waals surface area (Å²) in [5.41, 5.74) is 1.54. The van der Waals surface area contributed by atoms with Crippen molar-refractivity contribution in [3.63, 3.8) is 0 Å². The molecule has 2 amide bonds. The number of piperazine rings is 1. The Morgan fingerprint density at radius 1 is 0.882 bits per heavy atom. The largest absolute Gasteiger partial charge is 0.352 e. The Hall–Kier alpha value is -4.01. The number of aromatic nitrogens is 3. The van der Waals surface area contributed by atoms with E-state index in [2.05, 4.69) is 5.10 Å². The van der Waals surface area contributed by atoms with Crippen molar-refractivity contribution in [2.45, 2.75) is 27.3 Å². The second kappa shape index (κ2) is 9.46. The lowest BCUT2D eigenvalue weighted by Gasteiger charge is -2.33. The van der Waals surface area contributed by atoms with Crippen LogP contribution >= 0.6 is 0 Å². The van der Waals surface area contributed by atoms with Gasteiger partial charge in [0.05, 0.1) is 12.2 Å². The predicted molar refractivity (Wildman–Crippen MR) is 127 cm³/mol. The second-order valence-corrected chi connectivity index (χ2v) is 8.49. The Balaban J connectivity index is 1.80. The minimum Gasteiger partial charge on any atom is -0.339 e. The standard InChI is InChI=1S/C25H27N5O4/c1-17-8-10-21(11-9-17)30-25(34)29(16-20-7-5-4-6-18(20)2)24(33)22(26-30)23(32)28-14-12-27(13-15-28)19(3)31/h4-11H,12-16H2,1-3H3. The molecule has 1 fully saturated rings. The fourth-order valence-electron chi connectivity index (χ4n) is 3.97. The molecule has 0 bridgehead atoms. The molecule has 0 atom stereocenters. The van der Waals surface area contributed by atoms with Crippen LogP contribution in [0.15, 0.2) is 58.1 Å². The van der Waals surface area contributed by atoms with Gasteiger partial charge >= 0.3 is 5.69 Å². The van der Waals surface area contributed by atoms with Gasteiger partial charge in [-0.15, -0.1) is 0 Å². The maximum atomic E-state index is 13.4. The molecule has 176 valence electrons. The maximum absolute atomic E-state index is 13.4. The van der Waals surface area contributed by atoms with E-state index >= 15 is 0 Å². The number of benzene rings is 2. The number of hydrogen-bond donors (Lipinski definition) is 0. The van der Waals surface area contributed by atoms with E-state index in [-0.39, 0.29) is 18.1 Å². The minimum absolute atomic E-state index is 0.0249. The van der Waals surface area contributed by atoms with Crippen LogP contribution in [-0.4, -0.2) is 62.1 Å². The second-order valence-electron chi connectivity index (χ2n) is 8.49. The first-order valence-corrected chi connectivity index (χ1v) is 11.2. The normalized spacial score (nSPS) is 13.7. The quantitative estimate of drug-likeness (QED) is 0.585. The molecule has 34 heavy (non-hydrogen) atoms. The molecule has 1 aliphatic heterocycles. The molecule has 2 aromatic carbocycles. The van der Waals surface area contributed by atoms with E-state index in [4.69, 9.17) is 0 Å². The molecule has 9 nitrogen and oxygen atoms in total. The molecule has 0 unspecified atom stereocenters. The molecule has 0 radical (unpaired) electrons. The van der Waals surface area contributed by atoms with E-state index in [1.807, 2.05) is 50.2 Å². The Morgan fingerprint density at radius 3 is 2.12 bits per heavy atom. The number of amides is 2. The molecule has 4 rings (SSSR count). The summed E-state index contributed by atoms with van der Waals surface area (Å²) in [5, 5.41) is 4.22. The Morgan fingerprint density at radius 2 is 1.50 bits per heavy atom. The van der Waals surface area contributed by atoms with Crippen LogP contribution in [0.3, 0.4) is 0 Å². The number of aryl methyl sites for hydroxylation is 2. The van der Waals surface area contributed by atoms with Gasteiger partial charge in [0.1, 0.15) is 0 Å². The van der Waals surface area contributed by atoms with Crippen LogP contribution in [0.4, 0.5) is 0 Å². The van der Waals surface area contributed by atoms with Gasteiger partial charge in [-0.25, -0.2) is 4.79 Å². The summed E-state index contributed by atoms with van der Waals surface area (Å²) in [7, 11) is 0. The van der Waals surface area contributed by atoms with Crippen LogP contribution in [-0.2, 0) is 11.3 Å². The van der Waals surface area contributed by atoms with Crippen LogP contribution in [0, 0.1) is 13.8 Å². The van der Waals surface area contributed by atoms with Crippen LogP contribution in [0.1, 0.15) is 34.1 Å². The van der Waals surface area contributed by atoms with Gasteiger partial charge in [-0.2, -0.15) is 9.78 Å². The number of rotatable bonds is 4. The van der Waals surface area contributed by atoms with Crippen molar-refractivity contribution >= 4 is 11.8 Å². The zero-order valence-corrected chi connectivity index (χ0v) is 19.5. The van der Waals surface area contributed by atoms with Gasteiger partial charge in [0.25, 0.3) is 11.5 Å². The van der Waals surface area contributed by atoms with Gasteiger partial charge in [0.15, 0.2) is 0 Å². The highest BCUT2D eigenvalue weighted by molar-refractivity contribution is 5.92. The third-order valence-electron chi connectivity index (χ3n) is 6.14. The highest BCUT2D eigenvalue weighted by atomic mass is 16.2. The average Bonchev–Trinajstić information content (AvgIpc) is 2.83. The molecule has 0 spiro atoms. The number of hydrogen-bond acceptors (Lipinski definition) is 5. The summed E-state index contributed by atoms with van der Waals surface area (Å²) < 4.78 is 2.17. The molecule has 0 N–H and O–H groups in total. The van der Waals surface area contributed by atoms with Crippen LogP contribution < -0.4 is 11.2 Å². The van der Waals surface area contributed by atoms with E-state index < -0.39 is 17.2 Å². The Kier molecular flexibility index (Phi) is 6.45. The SMILES string of the molecule is CC(=O)N1CCN(C(=O)c2nn(-c3ccc(C)cc3)c(=O)n(Cc3ccccc3C)c2=O)CC1. The molecular formula is C25H27N5O4. The van der Waals surface area contributed by atoms with Gasteiger partial charge in [-0.3, -0.25) is 19.0 Å². The predicted octanol–water partition coefficient (Wildman–Crippen LogP) is 1.36. The summed E-state index contributed by atoms with van der Waals surface area (Å²) in [5.74, 6) is -0.605. The van der Waals surface area contributed by atoms with Crippen molar-refractivity contribution in [2.24, 2.45) is 0 Å². The fraction of sp³-hybridized carbons (Fsp3) is 0.320. The van der Waals surface area contributed by atoms with Crippen molar-refractivity contribution < 1.29 is 9.59 Å². The van der Waals surface area contributed by atoms with Crippen molar-refractivity contribution in [3.8, 4) is 5.69 Å². The first-order valence-electron chi connectivity index (χ1n) is 11.2. The highest BCUT2D eigenvalue weighted by Crippen LogP contribution is 2.10. The van der Waals surface area contributed by atoms with Gasteiger partial charge in [-0.05, 0) is 37.1 Å². The molecule has 0 saturated carbocycles. The fourth-order valence-corrected chi connectivity index (χ4v) is 3.97. The molecule has 1 aliphatic rings. The number of nitrogens with zero attached hydrogens (tertiary/aromatic N) is 5. The van der Waals surface area contributed by atoms with Crippen LogP contribution in [0.25, 0.3) is 5.69 Å². The monoisotopic (exact) mass is 461 g/mol. The Labute approximate surface area is 196 Å². The van der Waals surface area contributed by atoms with Crippen molar-refractivity contribution in [1.82, 2.24) is 24.1 Å². The van der Waals surface area contributed by atoms with Crippen molar-refractivity contribution in [2.75, 3.05) is 26.2 Å². The van der Waals surface area contributed by atoms with E-state index in [9.17, 15) is 19.2 Å². The lowest BCUT2D eigenvalue weighted by molar-refractivity contribution is -0.130. The maximum Gasteiger partial charge on any atom is 0.352 e. The summed E-state index contributed by atoms with van der Waals surface area (Å²) in [4.78, 5) is 54.9. The number of carbonyl (C=O) groups excluding carboxylic acids is 2. The molecular weight excluding hydrogens is 434 g/mol. The van der Waals surface area contributed by atoms with Crippen molar-refractivity contribution in [1.29, 1.82) is 0 Å². The van der Waals surface area contributed by atoms with Gasteiger partial charge < -0.3 is 9.80 Å². The van der Waals surface area contributed by atoms with Crippen molar-refractivity contribution in [3.05, 3.63) is 91.8 Å². The van der Waals surface area contributed by atoms with E-state index in [0.717, 1.165) is 25.9 Å². The summed E-state index contributed by atoms with van der Waals surface area (Å²) in [6.45, 7) is 6.70. The highest BCUT2D eigenvalue weighted by Gasteiger charge is 2.28. The first kappa shape index (κ1) is 23.2. The molecule has 0 aliphatic carbocycles. The molecule has 9 heteroatoms. The van der Waals surface area contributed by atoms with E-state index in [1.54, 1.807) is 17.0 Å². The van der Waals surface area contributed by atoms with Gasteiger partial charge in [0, 0.05) is 33.1 Å². The number of carbonyl (C=O) groups is 2. The van der Waals surface area contributed by atoms with Gasteiger partial charge in [-0.1, -0.05) is 42.0 Å². The third-order valence-corrected chi connectivity index (χ3v) is 6.14. The molecule has 2 heterocycles. The topological polar surface area (TPSA) is 97.5 Å². The lowest BCUT2D eigenvalue weighted by Crippen LogP contribution is -2.52. The lowest BCUT2D eigenvalue weighted by atomic mass is 10.1. The summed E-state index contributed by atoms with van der Waals surface area (Å²) >= 11 is 0. The smallest absolute Gasteiger partial charge is 0.339 e. The third kappa shape index (κ3) is 4.54. The summed E-state index contributed by atoms with van der Waals surface area (Å²) in [6, 6.07) is 14.6. The minimum atomic E-state index is -0.726.